The molecule has 11 heteroatoms. The molecular weight excluding hydrogens is 512 g/mol. The normalized spacial score (nSPS) is 29.4. The van der Waals surface area contributed by atoms with Gasteiger partial charge >= 0.3 is 11.9 Å². The Kier molecular flexibility index (Phi) is 5.60. The second-order valence-corrected chi connectivity index (χ2v) is 11.6. The van der Waals surface area contributed by atoms with Crippen molar-refractivity contribution in [2.24, 2.45) is 17.9 Å². The Morgan fingerprint density at radius 1 is 1.03 bits per heavy atom. The van der Waals surface area contributed by atoms with E-state index in [2.05, 4.69) is 14.9 Å². The topological polar surface area (TPSA) is 78.0 Å². The maximum Gasteiger partial charge on any atom is 0.394 e. The Hall–Kier alpha value is -3.52. The molecule has 4 aliphatic rings. The molecule has 2 bridgehead atoms. The lowest BCUT2D eigenvalue weighted by Crippen LogP contribution is -2.73. The molecule has 1 aromatic carbocycles. The molecule has 0 N–H and O–H groups in total. The number of anilines is 1. The molecule has 7 nitrogen and oxygen atoms in total. The minimum absolute atomic E-state index is 0.0780. The van der Waals surface area contributed by atoms with Gasteiger partial charge in [-0.3, -0.25) is 9.47 Å². The first kappa shape index (κ1) is 25.7. The highest BCUT2D eigenvalue weighted by Crippen LogP contribution is 2.82. The van der Waals surface area contributed by atoms with Crippen LogP contribution in [-0.4, -0.2) is 50.8 Å². The van der Waals surface area contributed by atoms with Gasteiger partial charge in [-0.25, -0.2) is 14.2 Å². The molecule has 3 aliphatic carbocycles. The second-order valence-electron chi connectivity index (χ2n) is 11.6. The third kappa shape index (κ3) is 3.75. The van der Waals surface area contributed by atoms with Crippen LogP contribution in [0.4, 0.5) is 23.4 Å². The minimum Gasteiger partial charge on any atom is -0.349 e. The van der Waals surface area contributed by atoms with Crippen molar-refractivity contribution in [3.05, 3.63) is 64.0 Å². The van der Waals surface area contributed by atoms with Crippen LogP contribution in [0.3, 0.4) is 0 Å². The number of aryl methyl sites for hydroxylation is 1. The lowest BCUT2D eigenvalue weighted by atomic mass is 9.32. The Labute approximate surface area is 222 Å². The predicted octanol–water partition coefficient (Wildman–Crippen LogP) is 4.71. The lowest BCUT2D eigenvalue weighted by molar-refractivity contribution is -0.378. The number of aromatic nitrogens is 3. The first-order chi connectivity index (χ1) is 18.4. The molecule has 3 atom stereocenters. The first-order valence-corrected chi connectivity index (χ1v) is 13.0. The SMILES string of the molecule is C[C@@H]1CN(c2nc(=O)n(C)c3ccc(C#N)nc23)[C@@H](C)CN1C(c1ccc(F)cc1)C12CC(C(F)(F)F)(C1)C2. The van der Waals surface area contributed by atoms with Gasteiger partial charge in [0.1, 0.15) is 23.1 Å². The van der Waals surface area contributed by atoms with Gasteiger partial charge in [0.05, 0.1) is 10.9 Å². The number of hydrogen-bond acceptors (Lipinski definition) is 6. The van der Waals surface area contributed by atoms with Crippen LogP contribution in [0.2, 0.25) is 0 Å². The van der Waals surface area contributed by atoms with Gasteiger partial charge in [0, 0.05) is 38.3 Å². The van der Waals surface area contributed by atoms with E-state index in [0.717, 1.165) is 5.56 Å². The molecule has 0 radical (unpaired) electrons. The highest BCUT2D eigenvalue weighted by Gasteiger charge is 2.80. The molecule has 39 heavy (non-hydrogen) atoms. The highest BCUT2D eigenvalue weighted by atomic mass is 19.4. The van der Waals surface area contributed by atoms with Gasteiger partial charge in [0.15, 0.2) is 5.82 Å². The number of hydrogen-bond donors (Lipinski definition) is 0. The van der Waals surface area contributed by atoms with Crippen LogP contribution in [0, 0.1) is 28.0 Å². The number of nitriles is 1. The van der Waals surface area contributed by atoms with E-state index in [9.17, 15) is 27.6 Å². The molecule has 1 saturated heterocycles. The van der Waals surface area contributed by atoms with Crippen LogP contribution >= 0.6 is 0 Å². The van der Waals surface area contributed by atoms with Crippen LogP contribution in [0.1, 0.15) is 50.4 Å². The predicted molar refractivity (Wildman–Crippen MR) is 136 cm³/mol. The molecular formula is C28H28F4N6O. The summed E-state index contributed by atoms with van der Waals surface area (Å²) < 4.78 is 56.4. The van der Waals surface area contributed by atoms with Crippen molar-refractivity contribution in [3.8, 4) is 6.07 Å². The molecule has 3 saturated carbocycles. The molecule has 7 rings (SSSR count). The zero-order valence-electron chi connectivity index (χ0n) is 21.8. The average molecular weight is 541 g/mol. The van der Waals surface area contributed by atoms with Crippen molar-refractivity contribution in [1.29, 1.82) is 5.26 Å². The summed E-state index contributed by atoms with van der Waals surface area (Å²) in [6.07, 6.45) is -3.99. The van der Waals surface area contributed by atoms with Gasteiger partial charge in [0.25, 0.3) is 0 Å². The van der Waals surface area contributed by atoms with Crippen LogP contribution in [-0.2, 0) is 7.05 Å². The van der Waals surface area contributed by atoms with Crippen molar-refractivity contribution >= 4 is 16.9 Å². The summed E-state index contributed by atoms with van der Waals surface area (Å²) in [6, 6.07) is 10.8. The fraction of sp³-hybridized carbons (Fsp3) is 0.500. The van der Waals surface area contributed by atoms with Crippen LogP contribution in [0.5, 0.6) is 0 Å². The fourth-order valence-electron chi connectivity index (χ4n) is 7.28. The molecule has 2 aromatic heterocycles. The second kappa shape index (κ2) is 8.49. The van der Waals surface area contributed by atoms with E-state index in [1.165, 1.54) is 16.7 Å². The third-order valence-corrected chi connectivity index (χ3v) is 9.13. The van der Waals surface area contributed by atoms with Crippen molar-refractivity contribution in [1.82, 2.24) is 19.4 Å². The molecule has 0 spiro atoms. The number of halogens is 4. The Balaban J connectivity index is 1.36. The maximum absolute atomic E-state index is 13.8. The Morgan fingerprint density at radius 3 is 2.31 bits per heavy atom. The van der Waals surface area contributed by atoms with Crippen LogP contribution in [0.15, 0.2) is 41.2 Å². The first-order valence-electron chi connectivity index (χ1n) is 13.0. The largest absolute Gasteiger partial charge is 0.394 e. The molecule has 4 fully saturated rings. The summed E-state index contributed by atoms with van der Waals surface area (Å²) >= 11 is 0. The number of benzene rings is 1. The third-order valence-electron chi connectivity index (χ3n) is 9.13. The molecule has 204 valence electrons. The van der Waals surface area contributed by atoms with E-state index < -0.39 is 22.7 Å². The molecule has 3 heterocycles. The zero-order valence-corrected chi connectivity index (χ0v) is 21.8. The maximum atomic E-state index is 13.8. The molecule has 3 aromatic rings. The van der Waals surface area contributed by atoms with E-state index in [4.69, 9.17) is 0 Å². The smallest absolute Gasteiger partial charge is 0.349 e. The molecule has 1 aliphatic heterocycles. The summed E-state index contributed by atoms with van der Waals surface area (Å²) in [5, 5.41) is 9.40. The fourth-order valence-corrected chi connectivity index (χ4v) is 7.28. The monoisotopic (exact) mass is 540 g/mol. The summed E-state index contributed by atoms with van der Waals surface area (Å²) in [6.45, 7) is 4.95. The van der Waals surface area contributed by atoms with Gasteiger partial charge in [-0.15, -0.1) is 0 Å². The lowest BCUT2D eigenvalue weighted by Gasteiger charge is -2.74. The van der Waals surface area contributed by atoms with Gasteiger partial charge in [-0.1, -0.05) is 12.1 Å². The summed E-state index contributed by atoms with van der Waals surface area (Å²) in [7, 11) is 1.60. The van der Waals surface area contributed by atoms with Gasteiger partial charge < -0.3 is 4.90 Å². The Morgan fingerprint density at radius 2 is 1.69 bits per heavy atom. The van der Waals surface area contributed by atoms with Crippen molar-refractivity contribution < 1.29 is 17.6 Å². The number of alkyl halides is 3. The van der Waals surface area contributed by atoms with Gasteiger partial charge in [-0.2, -0.15) is 23.4 Å². The number of rotatable bonds is 4. The van der Waals surface area contributed by atoms with Crippen molar-refractivity contribution in [3.63, 3.8) is 0 Å². The highest BCUT2D eigenvalue weighted by molar-refractivity contribution is 5.86. The average Bonchev–Trinajstić information content (AvgIpc) is 2.83. The summed E-state index contributed by atoms with van der Waals surface area (Å²) in [4.78, 5) is 25.7. The van der Waals surface area contributed by atoms with Gasteiger partial charge in [-0.05, 0) is 68.4 Å². The van der Waals surface area contributed by atoms with E-state index in [1.54, 1.807) is 31.3 Å². The Bertz CT molecular complexity index is 1540. The zero-order chi connectivity index (χ0) is 27.9. The standard InChI is InChI=1S/C28H28F4N6O/c1-16-12-38(24-22-21(36(3)25(39)35-24)9-8-20(10-33)34-22)17(2)11-37(16)23(18-4-6-19(29)7-5-18)26-13-27(14-26,15-26)28(30,31)32/h4-9,16-17,23H,11-15H2,1-3H3/t16-,17+,23?,26?,27?/m1/s1. The van der Waals surface area contributed by atoms with E-state index >= 15 is 0 Å². The number of piperazine rings is 1. The van der Waals surface area contributed by atoms with Crippen LogP contribution in [0.25, 0.3) is 11.0 Å². The number of pyridine rings is 1. The van der Waals surface area contributed by atoms with Crippen molar-refractivity contribution in [2.75, 3.05) is 18.0 Å². The summed E-state index contributed by atoms with van der Waals surface area (Å²) in [5.41, 5.74) is -0.521. The van der Waals surface area contributed by atoms with Crippen LogP contribution < -0.4 is 10.6 Å². The van der Waals surface area contributed by atoms with E-state index in [1.807, 2.05) is 24.8 Å². The number of nitrogens with zero attached hydrogens (tertiary/aromatic N) is 6. The molecule has 1 unspecified atom stereocenters. The van der Waals surface area contributed by atoms with Crippen molar-refractivity contribution in [2.45, 2.75) is 57.4 Å². The molecule has 0 amide bonds. The summed E-state index contributed by atoms with van der Waals surface area (Å²) in [5.74, 6) is 0.00464. The van der Waals surface area contributed by atoms with Gasteiger partial charge in [0.2, 0.25) is 0 Å². The van der Waals surface area contributed by atoms with E-state index in [0.29, 0.717) is 29.9 Å². The minimum atomic E-state index is -4.22. The van der Waals surface area contributed by atoms with E-state index in [-0.39, 0.29) is 48.9 Å². The number of fused-ring (bicyclic) bond motifs is 1. The quantitative estimate of drug-likeness (QED) is 0.446.